The third-order valence-electron chi connectivity index (χ3n) is 6.10. The lowest BCUT2D eigenvalue weighted by Crippen LogP contribution is -2.25. The van der Waals surface area contributed by atoms with Crippen LogP contribution < -0.4 is 19.7 Å². The molecule has 36 heavy (non-hydrogen) atoms. The summed E-state index contributed by atoms with van der Waals surface area (Å²) in [5, 5.41) is 4.48. The van der Waals surface area contributed by atoms with Gasteiger partial charge in [-0.2, -0.15) is 0 Å². The van der Waals surface area contributed by atoms with Gasteiger partial charge in [-0.15, -0.1) is 0 Å². The van der Waals surface area contributed by atoms with Gasteiger partial charge >= 0.3 is 0 Å². The molecule has 0 radical (unpaired) electrons. The van der Waals surface area contributed by atoms with Gasteiger partial charge in [0.15, 0.2) is 0 Å². The first-order valence-electron chi connectivity index (χ1n) is 11.3. The minimum atomic E-state index is -3.86. The molecule has 1 aliphatic rings. The van der Waals surface area contributed by atoms with Crippen LogP contribution >= 0.6 is 0 Å². The van der Waals surface area contributed by atoms with Crippen LogP contribution in [0.5, 0.6) is 5.75 Å². The second-order valence-corrected chi connectivity index (χ2v) is 9.91. The van der Waals surface area contributed by atoms with E-state index in [1.54, 1.807) is 53.4 Å². The zero-order chi connectivity index (χ0) is 25.4. The Balaban J connectivity index is 1.40. The third-order valence-corrected chi connectivity index (χ3v) is 7.49. The summed E-state index contributed by atoms with van der Waals surface area (Å²) in [6.07, 6.45) is 0. The molecule has 0 spiro atoms. The maximum atomic E-state index is 13.1. The molecule has 0 atom stereocenters. The number of hydrogen-bond donors (Lipinski definition) is 2. The molecule has 1 heterocycles. The van der Waals surface area contributed by atoms with Gasteiger partial charge in [-0.25, -0.2) is 8.42 Å². The van der Waals surface area contributed by atoms with Crippen LogP contribution in [0, 0.1) is 0 Å². The highest BCUT2D eigenvalue weighted by molar-refractivity contribution is 7.92. The van der Waals surface area contributed by atoms with Crippen LogP contribution in [-0.4, -0.2) is 33.9 Å². The van der Waals surface area contributed by atoms with E-state index in [2.05, 4.69) is 10.0 Å². The number of nitrogens with one attached hydrogen (secondary N) is 2. The minimum Gasteiger partial charge on any atom is -0.497 e. The summed E-state index contributed by atoms with van der Waals surface area (Å²) < 4.78 is 33.1. The van der Waals surface area contributed by atoms with E-state index < -0.39 is 15.9 Å². The molecule has 4 aromatic rings. The van der Waals surface area contributed by atoms with Crippen molar-refractivity contribution in [3.05, 3.63) is 90.0 Å². The molecule has 2 amide bonds. The number of carbonyl (C=O) groups is 2. The van der Waals surface area contributed by atoms with Crippen LogP contribution in [0.2, 0.25) is 0 Å². The molecule has 0 saturated heterocycles. The van der Waals surface area contributed by atoms with Crippen LogP contribution in [0.25, 0.3) is 10.8 Å². The van der Waals surface area contributed by atoms with Crippen LogP contribution in [0.1, 0.15) is 27.6 Å². The van der Waals surface area contributed by atoms with Crippen LogP contribution in [0.3, 0.4) is 0 Å². The number of sulfonamides is 1. The first-order chi connectivity index (χ1) is 17.3. The number of benzene rings is 4. The number of methoxy groups -OCH3 is 1. The van der Waals surface area contributed by atoms with Crippen molar-refractivity contribution in [2.75, 3.05) is 28.6 Å². The van der Waals surface area contributed by atoms with E-state index in [1.807, 2.05) is 19.1 Å². The van der Waals surface area contributed by atoms with Crippen LogP contribution in [0.15, 0.2) is 83.8 Å². The molecule has 5 rings (SSSR count). The fourth-order valence-corrected chi connectivity index (χ4v) is 5.41. The second kappa shape index (κ2) is 9.01. The third kappa shape index (κ3) is 4.03. The molecular weight excluding hydrogens is 478 g/mol. The zero-order valence-electron chi connectivity index (χ0n) is 19.6. The van der Waals surface area contributed by atoms with E-state index in [9.17, 15) is 18.0 Å². The Hall–Kier alpha value is -4.37. The molecule has 0 unspecified atom stereocenters. The van der Waals surface area contributed by atoms with Crippen molar-refractivity contribution in [2.24, 2.45) is 0 Å². The molecule has 182 valence electrons. The molecule has 0 bridgehead atoms. The van der Waals surface area contributed by atoms with Crippen LogP contribution in [-0.2, 0) is 10.0 Å². The molecule has 0 aliphatic carbocycles. The topological polar surface area (TPSA) is 105 Å². The summed E-state index contributed by atoms with van der Waals surface area (Å²) in [7, 11) is -2.36. The predicted octanol–water partition coefficient (Wildman–Crippen LogP) is 4.88. The average Bonchev–Trinajstić information content (AvgIpc) is 3.17. The quantitative estimate of drug-likeness (QED) is 0.376. The van der Waals surface area contributed by atoms with Gasteiger partial charge in [0.2, 0.25) is 0 Å². The molecule has 2 N–H and O–H groups in total. The Labute approximate surface area is 208 Å². The van der Waals surface area contributed by atoms with E-state index in [0.717, 1.165) is 16.5 Å². The summed E-state index contributed by atoms with van der Waals surface area (Å²) in [5.41, 5.74) is 2.52. The monoisotopic (exact) mass is 501 g/mol. The Morgan fingerprint density at radius 1 is 0.972 bits per heavy atom. The van der Waals surface area contributed by atoms with Gasteiger partial charge in [-0.05, 0) is 67.6 Å². The Morgan fingerprint density at radius 2 is 1.72 bits per heavy atom. The minimum absolute atomic E-state index is 0.0570. The number of ether oxygens (including phenoxy) is 1. The fourth-order valence-electron chi connectivity index (χ4n) is 4.36. The normalized spacial score (nSPS) is 12.6. The van der Waals surface area contributed by atoms with Gasteiger partial charge in [0.25, 0.3) is 21.8 Å². The maximum absolute atomic E-state index is 13.1. The lowest BCUT2D eigenvalue weighted by atomic mass is 10.0. The Bertz CT molecular complexity index is 1610. The van der Waals surface area contributed by atoms with Gasteiger partial charge in [0.1, 0.15) is 5.75 Å². The van der Waals surface area contributed by atoms with Gasteiger partial charge in [-0.3, -0.25) is 14.3 Å². The van der Waals surface area contributed by atoms with Crippen molar-refractivity contribution < 1.29 is 22.7 Å². The van der Waals surface area contributed by atoms with E-state index in [0.29, 0.717) is 23.5 Å². The predicted molar refractivity (Wildman–Crippen MR) is 139 cm³/mol. The highest BCUT2D eigenvalue weighted by Crippen LogP contribution is 2.40. The van der Waals surface area contributed by atoms with Gasteiger partial charge in [-0.1, -0.05) is 18.2 Å². The summed E-state index contributed by atoms with van der Waals surface area (Å²) in [6, 6.07) is 21.3. The van der Waals surface area contributed by atoms with Crippen LogP contribution in [0.4, 0.5) is 17.1 Å². The van der Waals surface area contributed by atoms with E-state index in [-0.39, 0.29) is 22.1 Å². The summed E-state index contributed by atoms with van der Waals surface area (Å²) in [4.78, 5) is 27.6. The summed E-state index contributed by atoms with van der Waals surface area (Å²) >= 11 is 0. The number of nitrogens with zero attached hydrogens (tertiary/aromatic N) is 1. The second-order valence-electron chi connectivity index (χ2n) is 8.23. The first-order valence-corrected chi connectivity index (χ1v) is 12.8. The largest absolute Gasteiger partial charge is 0.497 e. The van der Waals surface area contributed by atoms with Crippen molar-refractivity contribution in [3.63, 3.8) is 0 Å². The van der Waals surface area contributed by atoms with E-state index >= 15 is 0 Å². The van der Waals surface area contributed by atoms with Gasteiger partial charge in [0, 0.05) is 39.8 Å². The SMILES string of the molecule is CCN1C(=O)c2cccc3c(NC(=O)c4cccc(NS(=O)(=O)c5ccc(OC)cc5)c4)ccc1c23. The fraction of sp³-hybridized carbons (Fsp3) is 0.111. The molecule has 1 aliphatic heterocycles. The van der Waals surface area contributed by atoms with Crippen molar-refractivity contribution in [2.45, 2.75) is 11.8 Å². The number of hydrogen-bond acceptors (Lipinski definition) is 5. The van der Waals surface area contributed by atoms with Gasteiger partial charge < -0.3 is 15.0 Å². The van der Waals surface area contributed by atoms with Gasteiger partial charge in [0.05, 0.1) is 17.7 Å². The number of carbonyl (C=O) groups excluding carboxylic acids is 2. The lowest BCUT2D eigenvalue weighted by molar-refractivity contribution is 0.0992. The molecule has 0 saturated carbocycles. The zero-order valence-corrected chi connectivity index (χ0v) is 20.4. The van der Waals surface area contributed by atoms with Crippen molar-refractivity contribution in [1.29, 1.82) is 0 Å². The van der Waals surface area contributed by atoms with E-state index in [4.69, 9.17) is 4.74 Å². The summed E-state index contributed by atoms with van der Waals surface area (Å²) in [6.45, 7) is 2.47. The van der Waals surface area contributed by atoms with E-state index in [1.165, 1.54) is 25.3 Å². The highest BCUT2D eigenvalue weighted by Gasteiger charge is 2.29. The first kappa shape index (κ1) is 23.4. The Morgan fingerprint density at radius 3 is 2.44 bits per heavy atom. The van der Waals surface area contributed by atoms with Crippen molar-refractivity contribution in [1.82, 2.24) is 0 Å². The molecule has 0 fully saturated rings. The maximum Gasteiger partial charge on any atom is 0.261 e. The summed E-state index contributed by atoms with van der Waals surface area (Å²) in [5.74, 6) is 0.0821. The molecule has 4 aromatic carbocycles. The lowest BCUT2D eigenvalue weighted by Gasteiger charge is -2.16. The van der Waals surface area contributed by atoms with Crippen molar-refractivity contribution in [3.8, 4) is 5.75 Å². The molecular formula is C27H23N3O5S. The number of anilines is 3. The molecule has 9 heteroatoms. The Kier molecular flexibility index (Phi) is 5.85. The number of rotatable bonds is 7. The standard InChI is InChI=1S/C27H23N3O5S/c1-3-30-24-15-14-23(21-8-5-9-22(25(21)24)27(30)32)28-26(31)17-6-4-7-18(16-17)29-36(33,34)20-12-10-19(35-2)11-13-20/h4-16,29H,3H2,1-2H3,(H,28,31). The average molecular weight is 502 g/mol. The molecule has 0 aromatic heterocycles. The van der Waals surface area contributed by atoms with Crippen molar-refractivity contribution >= 4 is 49.7 Å². The molecule has 8 nitrogen and oxygen atoms in total. The number of amides is 2. The highest BCUT2D eigenvalue weighted by atomic mass is 32.2. The smallest absolute Gasteiger partial charge is 0.261 e.